The highest BCUT2D eigenvalue weighted by Gasteiger charge is 2.24. The van der Waals surface area contributed by atoms with Crippen LogP contribution < -0.4 is 5.76 Å². The maximum absolute atomic E-state index is 12.9. The molecular weight excluding hydrogens is 328 g/mol. The summed E-state index contributed by atoms with van der Waals surface area (Å²) in [5.41, 5.74) is 2.46. The predicted molar refractivity (Wildman–Crippen MR) is 100 cm³/mol. The van der Waals surface area contributed by atoms with Crippen LogP contribution in [-0.4, -0.2) is 28.5 Å². The monoisotopic (exact) mass is 350 g/mol. The van der Waals surface area contributed by atoms with Crippen LogP contribution in [0.1, 0.15) is 30.7 Å². The van der Waals surface area contributed by atoms with Crippen LogP contribution in [0.5, 0.6) is 0 Å². The second-order valence-electron chi connectivity index (χ2n) is 6.86. The molecule has 1 aromatic heterocycles. The SMILES string of the molecule is O=C(Cn1c(=O)oc2ccccc21)N1CCCCC(c2ccccc2)C1. The fourth-order valence-electron chi connectivity index (χ4n) is 3.76. The fraction of sp³-hybridized carbons (Fsp3) is 0.333. The summed E-state index contributed by atoms with van der Waals surface area (Å²) in [6.07, 6.45) is 3.19. The molecule has 134 valence electrons. The van der Waals surface area contributed by atoms with Crippen molar-refractivity contribution >= 4 is 17.0 Å². The third kappa shape index (κ3) is 3.29. The molecule has 3 aromatic rings. The molecule has 0 saturated carbocycles. The Hall–Kier alpha value is -2.82. The van der Waals surface area contributed by atoms with Crippen molar-refractivity contribution in [2.45, 2.75) is 31.7 Å². The lowest BCUT2D eigenvalue weighted by atomic mass is 9.94. The molecule has 0 aliphatic carbocycles. The molecule has 0 N–H and O–H groups in total. The number of rotatable bonds is 3. The van der Waals surface area contributed by atoms with Crippen LogP contribution >= 0.6 is 0 Å². The molecule has 1 unspecified atom stereocenters. The highest BCUT2D eigenvalue weighted by molar-refractivity contribution is 5.79. The minimum atomic E-state index is -0.478. The summed E-state index contributed by atoms with van der Waals surface area (Å²) in [6.45, 7) is 1.47. The normalized spacial score (nSPS) is 18.0. The molecule has 1 aliphatic heterocycles. The number of nitrogens with zero attached hydrogens (tertiary/aromatic N) is 2. The smallest absolute Gasteiger partial charge is 0.408 e. The number of carbonyl (C=O) groups is 1. The zero-order valence-corrected chi connectivity index (χ0v) is 14.6. The first-order chi connectivity index (χ1) is 12.7. The predicted octanol–water partition coefficient (Wildman–Crippen LogP) is 3.39. The Balaban J connectivity index is 1.55. The van der Waals surface area contributed by atoms with Crippen molar-refractivity contribution in [2.75, 3.05) is 13.1 Å². The minimum absolute atomic E-state index is 0.0252. The summed E-state index contributed by atoms with van der Waals surface area (Å²) in [7, 11) is 0. The van der Waals surface area contributed by atoms with Crippen molar-refractivity contribution in [2.24, 2.45) is 0 Å². The number of benzene rings is 2. The molecule has 0 spiro atoms. The first-order valence-electron chi connectivity index (χ1n) is 9.13. The summed E-state index contributed by atoms with van der Waals surface area (Å²) in [4.78, 5) is 27.0. The van der Waals surface area contributed by atoms with Crippen molar-refractivity contribution in [1.82, 2.24) is 9.47 Å². The van der Waals surface area contributed by atoms with Crippen molar-refractivity contribution in [1.29, 1.82) is 0 Å². The maximum atomic E-state index is 12.9. The molecule has 4 rings (SSSR count). The van der Waals surface area contributed by atoms with Gasteiger partial charge in [-0.2, -0.15) is 0 Å². The van der Waals surface area contributed by atoms with Gasteiger partial charge in [0.05, 0.1) is 5.52 Å². The third-order valence-corrected chi connectivity index (χ3v) is 5.16. The van der Waals surface area contributed by atoms with E-state index in [-0.39, 0.29) is 12.5 Å². The lowest BCUT2D eigenvalue weighted by Gasteiger charge is -2.25. The lowest BCUT2D eigenvalue weighted by Crippen LogP contribution is -2.37. The van der Waals surface area contributed by atoms with E-state index in [0.717, 1.165) is 25.8 Å². The summed E-state index contributed by atoms with van der Waals surface area (Å²) in [5.74, 6) is -0.157. The van der Waals surface area contributed by atoms with E-state index in [4.69, 9.17) is 4.42 Å². The number of oxazole rings is 1. The number of amides is 1. The molecule has 1 saturated heterocycles. The number of carbonyl (C=O) groups excluding carboxylic acids is 1. The van der Waals surface area contributed by atoms with Crippen molar-refractivity contribution in [3.63, 3.8) is 0 Å². The Kier molecular flexibility index (Phi) is 4.61. The van der Waals surface area contributed by atoms with Gasteiger partial charge >= 0.3 is 5.76 Å². The molecule has 2 heterocycles. The molecule has 5 heteroatoms. The molecule has 1 fully saturated rings. The fourth-order valence-corrected chi connectivity index (χ4v) is 3.76. The number of likely N-dealkylation sites (tertiary alicyclic amines) is 1. The van der Waals surface area contributed by atoms with Crippen molar-refractivity contribution < 1.29 is 9.21 Å². The van der Waals surface area contributed by atoms with E-state index in [1.807, 2.05) is 41.3 Å². The molecule has 5 nitrogen and oxygen atoms in total. The summed E-state index contributed by atoms with van der Waals surface area (Å²) in [5, 5.41) is 0. The number of fused-ring (bicyclic) bond motifs is 1. The van der Waals surface area contributed by atoms with Gasteiger partial charge in [-0.3, -0.25) is 9.36 Å². The maximum Gasteiger partial charge on any atom is 0.420 e. The van der Waals surface area contributed by atoms with Crippen LogP contribution in [-0.2, 0) is 11.3 Å². The Bertz CT molecular complexity index is 958. The van der Waals surface area contributed by atoms with Crippen LogP contribution in [0.25, 0.3) is 11.1 Å². The van der Waals surface area contributed by atoms with Gasteiger partial charge in [0.2, 0.25) is 5.91 Å². The Labute approximate surface area is 151 Å². The summed E-state index contributed by atoms with van der Waals surface area (Å²) in [6, 6.07) is 17.6. The van der Waals surface area contributed by atoms with Gasteiger partial charge < -0.3 is 9.32 Å². The molecular formula is C21H22N2O3. The molecule has 26 heavy (non-hydrogen) atoms. The van der Waals surface area contributed by atoms with E-state index >= 15 is 0 Å². The Morgan fingerprint density at radius 3 is 2.65 bits per heavy atom. The second kappa shape index (κ2) is 7.20. The average molecular weight is 350 g/mol. The van der Waals surface area contributed by atoms with Gasteiger partial charge in [0.25, 0.3) is 0 Å². The summed E-state index contributed by atoms with van der Waals surface area (Å²) >= 11 is 0. The topological polar surface area (TPSA) is 55.5 Å². The average Bonchev–Trinajstić information content (AvgIpc) is 2.85. The van der Waals surface area contributed by atoms with Crippen molar-refractivity contribution in [3.05, 3.63) is 70.7 Å². The largest absolute Gasteiger partial charge is 0.420 e. The number of para-hydroxylation sites is 2. The van der Waals surface area contributed by atoms with E-state index in [0.29, 0.717) is 23.6 Å². The Morgan fingerprint density at radius 2 is 1.81 bits per heavy atom. The van der Waals surface area contributed by atoms with Gasteiger partial charge in [-0.1, -0.05) is 48.9 Å². The zero-order valence-electron chi connectivity index (χ0n) is 14.6. The quantitative estimate of drug-likeness (QED) is 0.727. The van der Waals surface area contributed by atoms with Crippen LogP contribution in [0.4, 0.5) is 0 Å². The van der Waals surface area contributed by atoms with Crippen LogP contribution in [0, 0.1) is 0 Å². The first-order valence-corrected chi connectivity index (χ1v) is 9.13. The van der Waals surface area contributed by atoms with Crippen LogP contribution in [0.15, 0.2) is 63.8 Å². The molecule has 0 radical (unpaired) electrons. The van der Waals surface area contributed by atoms with Gasteiger partial charge in [-0.15, -0.1) is 0 Å². The molecule has 1 atom stereocenters. The first kappa shape index (κ1) is 16.6. The molecule has 0 bridgehead atoms. The standard InChI is InChI=1S/C21H22N2O3/c24-20(15-23-18-11-4-5-12-19(18)26-21(23)25)22-13-7-6-10-17(14-22)16-8-2-1-3-9-16/h1-5,8-9,11-12,17H,6-7,10,13-15H2. The number of hydrogen-bond acceptors (Lipinski definition) is 3. The van der Waals surface area contributed by atoms with Gasteiger partial charge in [0.1, 0.15) is 6.54 Å². The van der Waals surface area contributed by atoms with Crippen molar-refractivity contribution in [3.8, 4) is 0 Å². The van der Waals surface area contributed by atoms with E-state index < -0.39 is 5.76 Å². The number of hydrogen-bond donors (Lipinski definition) is 0. The molecule has 1 amide bonds. The van der Waals surface area contributed by atoms with Gasteiger partial charge in [0, 0.05) is 19.0 Å². The Morgan fingerprint density at radius 1 is 1.04 bits per heavy atom. The third-order valence-electron chi connectivity index (χ3n) is 5.16. The molecule has 2 aromatic carbocycles. The highest BCUT2D eigenvalue weighted by atomic mass is 16.4. The van der Waals surface area contributed by atoms with E-state index in [1.165, 1.54) is 10.1 Å². The number of aromatic nitrogens is 1. The highest BCUT2D eigenvalue weighted by Crippen LogP contribution is 2.26. The van der Waals surface area contributed by atoms with Crippen LogP contribution in [0.2, 0.25) is 0 Å². The zero-order chi connectivity index (χ0) is 17.9. The van der Waals surface area contributed by atoms with E-state index in [9.17, 15) is 9.59 Å². The van der Waals surface area contributed by atoms with Gasteiger partial charge in [-0.05, 0) is 30.5 Å². The van der Waals surface area contributed by atoms with Crippen LogP contribution in [0.3, 0.4) is 0 Å². The summed E-state index contributed by atoms with van der Waals surface area (Å²) < 4.78 is 6.67. The second-order valence-corrected chi connectivity index (χ2v) is 6.86. The van der Waals surface area contributed by atoms with E-state index in [2.05, 4.69) is 12.1 Å². The van der Waals surface area contributed by atoms with Gasteiger partial charge in [-0.25, -0.2) is 4.79 Å². The van der Waals surface area contributed by atoms with E-state index in [1.54, 1.807) is 6.07 Å². The minimum Gasteiger partial charge on any atom is -0.408 e. The van der Waals surface area contributed by atoms with Gasteiger partial charge in [0.15, 0.2) is 5.58 Å². The lowest BCUT2D eigenvalue weighted by molar-refractivity contribution is -0.132. The molecule has 1 aliphatic rings.